The quantitative estimate of drug-likeness (QED) is 0.0570. The van der Waals surface area contributed by atoms with Crippen LogP contribution in [0.4, 0.5) is 5.82 Å². The number of anilines is 1. The van der Waals surface area contributed by atoms with Crippen LogP contribution in [-0.2, 0) is 36.9 Å². The number of carbonyl (C=O) groups excluding carboxylic acids is 6. The molecule has 0 radical (unpaired) electrons. The van der Waals surface area contributed by atoms with Gasteiger partial charge in [-0.3, -0.25) is 38.5 Å². The number of rotatable bonds is 14. The minimum Gasteiger partial charge on any atom is -0.481 e. The maximum atomic E-state index is 14.3. The van der Waals surface area contributed by atoms with E-state index < -0.39 is 60.2 Å². The summed E-state index contributed by atoms with van der Waals surface area (Å²) in [5, 5.41) is 33.2. The normalized spacial score (nSPS) is 16.1. The lowest BCUT2D eigenvalue weighted by Gasteiger charge is -2.20. The molecule has 6 amide bonds. The number of aromatic nitrogens is 7. The molecule has 7 aromatic heterocycles. The van der Waals surface area contributed by atoms with Crippen molar-refractivity contribution in [2.24, 2.45) is 5.92 Å². The molecule has 414 valence electrons. The number of hydrogen-bond acceptors (Lipinski definition) is 21. The first-order valence-corrected chi connectivity index (χ1v) is 29.9. The van der Waals surface area contributed by atoms with Crippen molar-refractivity contribution in [1.29, 1.82) is 0 Å². The summed E-state index contributed by atoms with van der Waals surface area (Å²) in [6.07, 6.45) is 0.875. The van der Waals surface area contributed by atoms with Crippen molar-refractivity contribution >= 4 is 116 Å². The molecule has 10 bridgehead atoms. The molecule has 80 heavy (non-hydrogen) atoms. The molecule has 0 fully saturated rings. The Morgan fingerprint density at radius 3 is 2.23 bits per heavy atom. The van der Waals surface area contributed by atoms with Crippen LogP contribution in [0, 0.1) is 12.8 Å². The Morgan fingerprint density at radius 1 is 0.750 bits per heavy atom. The second-order valence-corrected chi connectivity index (χ2v) is 24.2. The number of fused-ring (bicyclic) bond motifs is 14. The number of hydrogen-bond donors (Lipinski definition) is 6. The fourth-order valence-corrected chi connectivity index (χ4v) is 13.8. The van der Waals surface area contributed by atoms with Gasteiger partial charge in [-0.15, -0.1) is 68.0 Å². The Balaban J connectivity index is 1.12. The number of nitrogens with one attached hydrogen (secondary N) is 5. The van der Waals surface area contributed by atoms with Crippen molar-refractivity contribution in [2.75, 3.05) is 32.1 Å². The maximum Gasteiger partial charge on any atom is 0.303 e. The minimum absolute atomic E-state index is 0.0342. The predicted octanol–water partition coefficient (Wildman–Crippen LogP) is 7.65. The summed E-state index contributed by atoms with van der Waals surface area (Å²) >= 11 is 7.42. The molecule has 1 aromatic carbocycles. The Labute approximate surface area is 481 Å². The number of amides is 6. The highest BCUT2D eigenvalue weighted by Crippen LogP contribution is 2.39. The number of pyridine rings is 1. The van der Waals surface area contributed by atoms with Crippen LogP contribution < -0.4 is 31.5 Å². The Kier molecular flexibility index (Phi) is 18.3. The number of methoxy groups -OCH3 is 1. The number of carboxylic acid groups (broad SMARTS) is 1. The van der Waals surface area contributed by atoms with E-state index in [0.717, 1.165) is 16.9 Å². The highest BCUT2D eigenvalue weighted by Gasteiger charge is 2.32. The standard InChI is InChI=1S/C52H51N13O9S6/c1-25(2)40-52-64-43(35(80-52)19-74-5)45(72)54-18-38(68)55-30(16-27-10-7-6-8-11-27)49-60-34(22-77-49)50-58-32(20-76-50)42-28(13-14-29(56-42)48-61-36(23-78-48)65(24-66)15-9-12-39(69)70)47-59-33(21-75-47)44(71)57-31(17-37(67)53-4)51-63-41(26(3)79-51)46(73)62-40/h6-8,10-11,13-14,20-25,30-31,40H,9,12,15-19H2,1-5H3,(H,53,67)(H,54,72)(H,55,68)(H,57,71)(H,62,73)(H,69,70)/t30?,31-,40?/m0/s1. The van der Waals surface area contributed by atoms with Crippen LogP contribution in [0.3, 0.4) is 0 Å². The van der Waals surface area contributed by atoms with Crippen LogP contribution in [0.15, 0.2) is 64.0 Å². The van der Waals surface area contributed by atoms with E-state index in [1.165, 1.54) is 75.7 Å². The van der Waals surface area contributed by atoms with E-state index in [1.807, 2.05) is 54.9 Å². The van der Waals surface area contributed by atoms with Crippen molar-refractivity contribution < 1.29 is 43.4 Å². The minimum atomic E-state index is -0.978. The summed E-state index contributed by atoms with van der Waals surface area (Å²) in [5.41, 5.74) is 3.40. The van der Waals surface area contributed by atoms with Crippen molar-refractivity contribution in [3.63, 3.8) is 0 Å². The zero-order valence-corrected chi connectivity index (χ0v) is 48.3. The Bertz CT molecular complexity index is 3590. The molecule has 0 aliphatic carbocycles. The molecular formula is C52H51N13O9S6. The first kappa shape index (κ1) is 57.1. The predicted molar refractivity (Wildman–Crippen MR) is 306 cm³/mol. The molecule has 28 heteroatoms. The average Bonchev–Trinajstić information content (AvgIpc) is 4.40. The number of carboxylic acids is 1. The van der Waals surface area contributed by atoms with Crippen molar-refractivity contribution in [1.82, 2.24) is 61.5 Å². The topological polar surface area (TPSA) is 303 Å². The Hall–Kier alpha value is -7.60. The van der Waals surface area contributed by atoms with E-state index in [-0.39, 0.29) is 55.4 Å². The molecule has 1 aliphatic heterocycles. The lowest BCUT2D eigenvalue weighted by Crippen LogP contribution is -2.39. The van der Waals surface area contributed by atoms with Gasteiger partial charge in [-0.05, 0) is 43.4 Å². The molecule has 8 aromatic rings. The van der Waals surface area contributed by atoms with Gasteiger partial charge in [0.15, 0.2) is 0 Å². The van der Waals surface area contributed by atoms with Crippen LogP contribution in [0.1, 0.15) is 113 Å². The summed E-state index contributed by atoms with van der Waals surface area (Å²) in [6, 6.07) is 10.8. The molecule has 0 saturated heterocycles. The zero-order valence-electron chi connectivity index (χ0n) is 43.4. The smallest absolute Gasteiger partial charge is 0.303 e. The first-order valence-electron chi connectivity index (χ1n) is 24.8. The molecule has 6 N–H and O–H groups in total. The van der Waals surface area contributed by atoms with Crippen LogP contribution in [0.5, 0.6) is 0 Å². The van der Waals surface area contributed by atoms with E-state index in [1.54, 1.807) is 29.8 Å². The molecule has 9 rings (SSSR count). The lowest BCUT2D eigenvalue weighted by molar-refractivity contribution is -0.137. The van der Waals surface area contributed by atoms with Gasteiger partial charge in [0.1, 0.15) is 70.0 Å². The van der Waals surface area contributed by atoms with E-state index in [0.29, 0.717) is 86.8 Å². The van der Waals surface area contributed by atoms with E-state index in [9.17, 15) is 33.6 Å². The molecule has 0 spiro atoms. The van der Waals surface area contributed by atoms with E-state index in [4.69, 9.17) is 44.7 Å². The van der Waals surface area contributed by atoms with E-state index in [2.05, 4.69) is 26.6 Å². The van der Waals surface area contributed by atoms with Crippen LogP contribution in [0.25, 0.3) is 43.4 Å². The summed E-state index contributed by atoms with van der Waals surface area (Å²) in [7, 11) is 2.96. The zero-order chi connectivity index (χ0) is 56.6. The second kappa shape index (κ2) is 25.7. The monoisotopic (exact) mass is 1190 g/mol. The second-order valence-electron chi connectivity index (χ2n) is 18.4. The lowest BCUT2D eigenvalue weighted by atomic mass is 10.0. The van der Waals surface area contributed by atoms with Gasteiger partial charge in [-0.1, -0.05) is 44.2 Å². The third-order valence-corrected chi connectivity index (χ3v) is 18.1. The van der Waals surface area contributed by atoms with Gasteiger partial charge in [-0.25, -0.2) is 34.9 Å². The number of carbonyl (C=O) groups is 7. The molecule has 8 heterocycles. The van der Waals surface area contributed by atoms with Crippen molar-refractivity contribution in [3.8, 4) is 43.4 Å². The van der Waals surface area contributed by atoms with E-state index >= 15 is 0 Å². The molecule has 1 aliphatic rings. The van der Waals surface area contributed by atoms with Crippen LogP contribution >= 0.6 is 68.0 Å². The number of thiazole rings is 6. The fraction of sp³-hybridized carbons (Fsp3) is 0.308. The SMILES string of the molecule is CNC(=O)C[C@@H]1NC(=O)c2csc(n2)-c2ccc(-c3nc(N(C=O)CCCC(=O)O)cs3)nc2-c2csc(n2)-c2csc(n2)C(Cc2ccccc2)NC(=O)CNC(=O)c2nc(sc2COC)C(C(C)C)NC(=O)c2nc1sc2C. The van der Waals surface area contributed by atoms with Gasteiger partial charge in [0, 0.05) is 59.1 Å². The fourth-order valence-electron chi connectivity index (χ4n) is 8.30. The molecule has 2 unspecified atom stereocenters. The van der Waals surface area contributed by atoms with Gasteiger partial charge < -0.3 is 36.4 Å². The first-order chi connectivity index (χ1) is 38.6. The van der Waals surface area contributed by atoms with Gasteiger partial charge in [0.2, 0.25) is 18.2 Å². The van der Waals surface area contributed by atoms with Gasteiger partial charge in [-0.2, -0.15) is 0 Å². The van der Waals surface area contributed by atoms with Crippen LogP contribution in [0.2, 0.25) is 0 Å². The summed E-state index contributed by atoms with van der Waals surface area (Å²) in [4.78, 5) is 129. The third kappa shape index (κ3) is 13.3. The highest BCUT2D eigenvalue weighted by atomic mass is 32.1. The number of aliphatic carboxylic acids is 1. The Morgan fingerprint density at radius 2 is 1.48 bits per heavy atom. The van der Waals surface area contributed by atoms with Gasteiger partial charge in [0.25, 0.3) is 17.7 Å². The van der Waals surface area contributed by atoms with Gasteiger partial charge >= 0.3 is 5.97 Å². The largest absolute Gasteiger partial charge is 0.481 e. The summed E-state index contributed by atoms with van der Waals surface area (Å²) in [6.45, 7) is 5.29. The maximum absolute atomic E-state index is 14.3. The summed E-state index contributed by atoms with van der Waals surface area (Å²) in [5.74, 6) is -3.51. The highest BCUT2D eigenvalue weighted by molar-refractivity contribution is 7.15. The van der Waals surface area contributed by atoms with Crippen molar-refractivity contribution in [2.45, 2.75) is 71.2 Å². The third-order valence-electron chi connectivity index (χ3n) is 12.3. The molecule has 0 saturated carbocycles. The van der Waals surface area contributed by atoms with Crippen molar-refractivity contribution in [3.05, 3.63) is 111 Å². The molecule has 22 nitrogen and oxygen atoms in total. The number of nitrogens with zero attached hydrogens (tertiary/aromatic N) is 8. The number of aryl methyl sites for hydroxylation is 1. The van der Waals surface area contributed by atoms with Crippen LogP contribution in [-0.4, -0.2) is 109 Å². The number of benzene rings is 1. The number of ether oxygens (including phenoxy) is 1. The molecule has 3 atom stereocenters. The summed E-state index contributed by atoms with van der Waals surface area (Å²) < 4.78 is 5.46. The van der Waals surface area contributed by atoms with Gasteiger partial charge in [0.05, 0.1) is 48.3 Å². The molecular weight excluding hydrogens is 1140 g/mol. The average molecular weight is 1190 g/mol.